The van der Waals surface area contributed by atoms with Gasteiger partial charge in [-0.1, -0.05) is 54.6 Å². The van der Waals surface area contributed by atoms with Gasteiger partial charge in [-0.3, -0.25) is 0 Å². The Labute approximate surface area is 213 Å². The van der Waals surface area contributed by atoms with Gasteiger partial charge in [0.15, 0.2) is 0 Å². The van der Waals surface area contributed by atoms with Crippen LogP contribution in [0.3, 0.4) is 0 Å². The topological polar surface area (TPSA) is 172 Å². The zero-order valence-corrected chi connectivity index (χ0v) is 20.1. The van der Waals surface area contributed by atoms with Crippen LogP contribution in [0.25, 0.3) is 0 Å². The summed E-state index contributed by atoms with van der Waals surface area (Å²) in [7, 11) is -12.8. The van der Waals surface area contributed by atoms with E-state index >= 15 is 0 Å². The Hall–Kier alpha value is -1.29. The molecular formula is C18H15GdO9S3. The van der Waals surface area contributed by atoms with E-state index in [1.165, 1.54) is 72.8 Å². The fourth-order valence-corrected chi connectivity index (χ4v) is 3.23. The molecule has 0 amide bonds. The first kappa shape index (κ1) is 29.7. The minimum Gasteiger partial charge on any atom is -0.744 e. The van der Waals surface area contributed by atoms with Gasteiger partial charge in [0.2, 0.25) is 0 Å². The molecule has 0 aliphatic heterocycles. The molecule has 0 unspecified atom stereocenters. The normalized spacial score (nSPS) is 10.9. The van der Waals surface area contributed by atoms with Gasteiger partial charge in [-0.25, -0.2) is 25.3 Å². The van der Waals surface area contributed by atoms with Crippen LogP contribution in [-0.2, 0) is 30.4 Å². The fraction of sp³-hybridized carbons (Fsp3) is 0. The largest absolute Gasteiger partial charge is 3.00 e. The van der Waals surface area contributed by atoms with Crippen molar-refractivity contribution in [2.45, 2.75) is 14.7 Å². The van der Waals surface area contributed by atoms with E-state index in [0.29, 0.717) is 0 Å². The Balaban J connectivity index is 0.000000429. The van der Waals surface area contributed by atoms with Crippen molar-refractivity contribution < 1.29 is 78.9 Å². The molecule has 0 bridgehead atoms. The minimum absolute atomic E-state index is 0. The second-order valence-corrected chi connectivity index (χ2v) is 9.44. The molecule has 3 rings (SSSR count). The standard InChI is InChI=1S/3C6H6O3S.Gd/c3*7-10(8,9)6-4-2-1-3-5-6;/h3*1-5H,(H,7,8,9);/q;;;+3/p-3. The van der Waals surface area contributed by atoms with Crippen LogP contribution in [-0.4, -0.2) is 38.9 Å². The van der Waals surface area contributed by atoms with Crippen molar-refractivity contribution in [3.8, 4) is 0 Å². The number of benzene rings is 3. The first-order valence-corrected chi connectivity index (χ1v) is 12.1. The van der Waals surface area contributed by atoms with Crippen molar-refractivity contribution in [3.63, 3.8) is 0 Å². The third-order valence-corrected chi connectivity index (χ3v) is 5.64. The van der Waals surface area contributed by atoms with Crippen LogP contribution in [0.1, 0.15) is 0 Å². The van der Waals surface area contributed by atoms with Gasteiger partial charge in [-0.05, 0) is 36.4 Å². The Morgan fingerprint density at radius 2 is 0.548 bits per heavy atom. The molecule has 0 aromatic heterocycles. The van der Waals surface area contributed by atoms with Crippen molar-refractivity contribution in [2.75, 3.05) is 0 Å². The number of hydrogen-bond acceptors (Lipinski definition) is 9. The third-order valence-electron chi connectivity index (χ3n) is 3.10. The molecule has 0 spiro atoms. The van der Waals surface area contributed by atoms with Crippen molar-refractivity contribution in [2.24, 2.45) is 0 Å². The van der Waals surface area contributed by atoms with E-state index in [4.69, 9.17) is 0 Å². The van der Waals surface area contributed by atoms with Crippen LogP contribution in [0.5, 0.6) is 0 Å². The van der Waals surface area contributed by atoms with E-state index in [1.54, 1.807) is 18.2 Å². The van der Waals surface area contributed by atoms with Gasteiger partial charge >= 0.3 is 39.9 Å². The predicted molar refractivity (Wildman–Crippen MR) is 103 cm³/mol. The van der Waals surface area contributed by atoms with Gasteiger partial charge in [0.1, 0.15) is 30.4 Å². The third kappa shape index (κ3) is 12.4. The van der Waals surface area contributed by atoms with Crippen molar-refractivity contribution in [1.29, 1.82) is 0 Å². The first-order valence-electron chi connectivity index (χ1n) is 7.84. The average Bonchev–Trinajstić information content (AvgIpc) is 2.69. The molecule has 31 heavy (non-hydrogen) atoms. The maximum Gasteiger partial charge on any atom is 3.00 e. The van der Waals surface area contributed by atoms with E-state index in [2.05, 4.69) is 0 Å². The summed E-state index contributed by atoms with van der Waals surface area (Å²) >= 11 is 0. The van der Waals surface area contributed by atoms with Crippen LogP contribution >= 0.6 is 0 Å². The summed E-state index contributed by atoms with van der Waals surface area (Å²) in [5.74, 6) is 0. The maximum atomic E-state index is 10.3. The molecular weight excluding hydrogens is 614 g/mol. The molecule has 0 aliphatic rings. The van der Waals surface area contributed by atoms with E-state index in [1.807, 2.05) is 0 Å². The molecule has 3 aromatic carbocycles. The Kier molecular flexibility index (Phi) is 12.8. The van der Waals surface area contributed by atoms with Crippen LogP contribution in [0.2, 0.25) is 0 Å². The molecule has 0 heterocycles. The minimum atomic E-state index is -4.25. The molecule has 0 aliphatic carbocycles. The average molecular weight is 629 g/mol. The van der Waals surface area contributed by atoms with Gasteiger partial charge in [0.05, 0.1) is 14.7 Å². The zero-order valence-electron chi connectivity index (χ0n) is 15.4. The van der Waals surface area contributed by atoms with Crippen LogP contribution in [0.4, 0.5) is 0 Å². The molecule has 1 radical (unpaired) electrons. The van der Waals surface area contributed by atoms with Crippen LogP contribution in [0, 0.1) is 39.9 Å². The smallest absolute Gasteiger partial charge is 0.744 e. The van der Waals surface area contributed by atoms with Gasteiger partial charge < -0.3 is 13.7 Å². The number of rotatable bonds is 3. The van der Waals surface area contributed by atoms with Gasteiger partial charge in [-0.15, -0.1) is 0 Å². The molecule has 3 aromatic rings. The second-order valence-electron chi connectivity index (χ2n) is 5.30. The van der Waals surface area contributed by atoms with E-state index < -0.39 is 30.4 Å². The van der Waals surface area contributed by atoms with Crippen molar-refractivity contribution >= 4 is 30.4 Å². The molecule has 13 heteroatoms. The Morgan fingerprint density at radius 1 is 0.387 bits per heavy atom. The molecule has 0 saturated carbocycles. The van der Waals surface area contributed by atoms with Crippen LogP contribution in [0.15, 0.2) is 106 Å². The number of hydrogen-bond donors (Lipinski definition) is 0. The second kappa shape index (κ2) is 13.3. The monoisotopic (exact) mass is 629 g/mol. The summed E-state index contributed by atoms with van der Waals surface area (Å²) in [6.07, 6.45) is 0. The molecule has 9 nitrogen and oxygen atoms in total. The summed E-state index contributed by atoms with van der Waals surface area (Å²) in [6.45, 7) is 0. The van der Waals surface area contributed by atoms with Gasteiger partial charge in [-0.2, -0.15) is 0 Å². The molecule has 0 N–H and O–H groups in total. The van der Waals surface area contributed by atoms with E-state index in [9.17, 15) is 38.9 Å². The first-order chi connectivity index (χ1) is 13.8. The zero-order chi connectivity index (χ0) is 22.8. The fourth-order valence-electron chi connectivity index (χ4n) is 1.76. The quantitative estimate of drug-likeness (QED) is 0.392. The molecule has 0 atom stereocenters. The summed E-state index contributed by atoms with van der Waals surface area (Å²) in [5.41, 5.74) is 0. The Morgan fingerprint density at radius 3 is 0.645 bits per heavy atom. The summed E-state index contributed by atoms with van der Waals surface area (Å²) in [6, 6.07) is 21.6. The van der Waals surface area contributed by atoms with Crippen LogP contribution < -0.4 is 0 Å². The van der Waals surface area contributed by atoms with E-state index in [-0.39, 0.29) is 54.6 Å². The SMILES string of the molecule is O=S(=O)([O-])c1ccccc1.O=S(=O)([O-])c1ccccc1.O=S(=O)([O-])c1ccccc1.[Gd+3]. The summed E-state index contributed by atoms with van der Waals surface area (Å²) < 4.78 is 92.5. The summed E-state index contributed by atoms with van der Waals surface area (Å²) in [5, 5.41) is 0. The molecule has 0 saturated heterocycles. The predicted octanol–water partition coefficient (Wildman–Crippen LogP) is 1.77. The van der Waals surface area contributed by atoms with Gasteiger partial charge in [0.25, 0.3) is 0 Å². The maximum absolute atomic E-state index is 10.3. The van der Waals surface area contributed by atoms with Gasteiger partial charge in [0, 0.05) is 0 Å². The Bertz CT molecular complexity index is 1070. The van der Waals surface area contributed by atoms with Crippen molar-refractivity contribution in [1.82, 2.24) is 0 Å². The van der Waals surface area contributed by atoms with Crippen molar-refractivity contribution in [3.05, 3.63) is 91.0 Å². The summed E-state index contributed by atoms with van der Waals surface area (Å²) in [4.78, 5) is -0.556. The molecule has 167 valence electrons. The molecule has 0 fully saturated rings. The van der Waals surface area contributed by atoms with E-state index in [0.717, 1.165) is 0 Å².